The maximum atomic E-state index is 5.79. The minimum atomic E-state index is 0.502. The summed E-state index contributed by atoms with van der Waals surface area (Å²) in [5, 5.41) is 3.06. The number of nitrogen functional groups attached to an aromatic ring is 1. The first-order chi connectivity index (χ1) is 8.19. The molecule has 4 heteroatoms. The number of hydrogen-bond acceptors (Lipinski definition) is 4. The molecule has 0 unspecified atom stereocenters. The SMILES string of the molecule is CNCc1cc(N)nc(-c2cccc(C)c2)n1. The van der Waals surface area contributed by atoms with Gasteiger partial charge in [0.15, 0.2) is 5.82 Å². The summed E-state index contributed by atoms with van der Waals surface area (Å²) in [5.41, 5.74) is 8.86. The van der Waals surface area contributed by atoms with Crippen molar-refractivity contribution in [3.05, 3.63) is 41.6 Å². The van der Waals surface area contributed by atoms with Crippen LogP contribution in [0.25, 0.3) is 11.4 Å². The molecule has 0 atom stereocenters. The molecule has 0 aliphatic carbocycles. The first-order valence-corrected chi connectivity index (χ1v) is 5.54. The van der Waals surface area contributed by atoms with Gasteiger partial charge in [0.1, 0.15) is 5.82 Å². The number of anilines is 1. The average Bonchev–Trinajstić information content (AvgIpc) is 2.28. The maximum Gasteiger partial charge on any atom is 0.161 e. The van der Waals surface area contributed by atoms with Crippen LogP contribution in [0.4, 0.5) is 5.82 Å². The molecule has 2 rings (SSSR count). The molecule has 1 aromatic heterocycles. The van der Waals surface area contributed by atoms with E-state index in [9.17, 15) is 0 Å². The minimum absolute atomic E-state index is 0.502. The Bertz CT molecular complexity index is 523. The Labute approximate surface area is 101 Å². The lowest BCUT2D eigenvalue weighted by Gasteiger charge is -2.06. The molecule has 88 valence electrons. The summed E-state index contributed by atoms with van der Waals surface area (Å²) in [4.78, 5) is 8.75. The maximum absolute atomic E-state index is 5.79. The van der Waals surface area contributed by atoms with Crippen molar-refractivity contribution in [1.82, 2.24) is 15.3 Å². The monoisotopic (exact) mass is 228 g/mol. The van der Waals surface area contributed by atoms with E-state index in [1.807, 2.05) is 32.2 Å². The first-order valence-electron chi connectivity index (χ1n) is 5.54. The second kappa shape index (κ2) is 4.93. The molecule has 0 bridgehead atoms. The van der Waals surface area contributed by atoms with E-state index in [1.54, 1.807) is 6.07 Å². The summed E-state index contributed by atoms with van der Waals surface area (Å²) in [7, 11) is 1.88. The van der Waals surface area contributed by atoms with Gasteiger partial charge in [0.05, 0.1) is 5.69 Å². The van der Waals surface area contributed by atoms with Crippen molar-refractivity contribution >= 4 is 5.82 Å². The fourth-order valence-electron chi connectivity index (χ4n) is 1.70. The lowest BCUT2D eigenvalue weighted by atomic mass is 10.1. The molecule has 4 nitrogen and oxygen atoms in total. The van der Waals surface area contributed by atoms with E-state index >= 15 is 0 Å². The van der Waals surface area contributed by atoms with Crippen LogP contribution in [0.3, 0.4) is 0 Å². The number of benzene rings is 1. The van der Waals surface area contributed by atoms with Crippen molar-refractivity contribution in [2.24, 2.45) is 0 Å². The van der Waals surface area contributed by atoms with Gasteiger partial charge in [0, 0.05) is 18.2 Å². The molecular formula is C13H16N4. The number of aromatic nitrogens is 2. The Hall–Kier alpha value is -1.94. The number of aryl methyl sites for hydroxylation is 1. The standard InChI is InChI=1S/C13H16N4/c1-9-4-3-5-10(6-9)13-16-11(8-15-2)7-12(14)17-13/h3-7,15H,8H2,1-2H3,(H2,14,16,17). The first kappa shape index (κ1) is 11.5. The third kappa shape index (κ3) is 2.79. The van der Waals surface area contributed by atoms with Gasteiger partial charge in [0.25, 0.3) is 0 Å². The highest BCUT2D eigenvalue weighted by atomic mass is 15.0. The van der Waals surface area contributed by atoms with Gasteiger partial charge in [-0.05, 0) is 20.0 Å². The highest BCUT2D eigenvalue weighted by molar-refractivity contribution is 5.57. The minimum Gasteiger partial charge on any atom is -0.384 e. The van der Waals surface area contributed by atoms with Gasteiger partial charge in [-0.1, -0.05) is 23.8 Å². The summed E-state index contributed by atoms with van der Waals surface area (Å²) in [5.74, 6) is 1.18. The Morgan fingerprint density at radius 1 is 1.24 bits per heavy atom. The van der Waals surface area contributed by atoms with Crippen molar-refractivity contribution in [1.29, 1.82) is 0 Å². The molecule has 1 aromatic carbocycles. The summed E-state index contributed by atoms with van der Waals surface area (Å²) >= 11 is 0. The molecule has 0 aliphatic rings. The lowest BCUT2D eigenvalue weighted by molar-refractivity contribution is 0.789. The summed E-state index contributed by atoms with van der Waals surface area (Å²) < 4.78 is 0. The van der Waals surface area contributed by atoms with Crippen LogP contribution < -0.4 is 11.1 Å². The van der Waals surface area contributed by atoms with Crippen LogP contribution in [0.15, 0.2) is 30.3 Å². The lowest BCUT2D eigenvalue weighted by Crippen LogP contribution is -2.09. The van der Waals surface area contributed by atoms with E-state index in [1.165, 1.54) is 5.56 Å². The van der Waals surface area contributed by atoms with Gasteiger partial charge in [-0.3, -0.25) is 0 Å². The van der Waals surface area contributed by atoms with E-state index in [2.05, 4.69) is 21.4 Å². The summed E-state index contributed by atoms with van der Waals surface area (Å²) in [6, 6.07) is 9.87. The average molecular weight is 228 g/mol. The highest BCUT2D eigenvalue weighted by Gasteiger charge is 2.05. The summed E-state index contributed by atoms with van der Waals surface area (Å²) in [6.07, 6.45) is 0. The number of rotatable bonds is 3. The largest absolute Gasteiger partial charge is 0.384 e. The van der Waals surface area contributed by atoms with Crippen molar-refractivity contribution in [2.45, 2.75) is 13.5 Å². The Kier molecular flexibility index (Phi) is 3.35. The van der Waals surface area contributed by atoms with Gasteiger partial charge < -0.3 is 11.1 Å². The van der Waals surface area contributed by atoms with Crippen molar-refractivity contribution in [3.63, 3.8) is 0 Å². The third-order valence-electron chi connectivity index (χ3n) is 2.43. The predicted molar refractivity (Wildman–Crippen MR) is 69.4 cm³/mol. The zero-order chi connectivity index (χ0) is 12.3. The number of nitrogens with one attached hydrogen (secondary N) is 1. The van der Waals surface area contributed by atoms with Crippen LogP contribution in [-0.4, -0.2) is 17.0 Å². The van der Waals surface area contributed by atoms with Gasteiger partial charge in [0.2, 0.25) is 0 Å². The Morgan fingerprint density at radius 2 is 2.06 bits per heavy atom. The van der Waals surface area contributed by atoms with Crippen LogP contribution in [0, 0.1) is 6.92 Å². The molecule has 0 spiro atoms. The highest BCUT2D eigenvalue weighted by Crippen LogP contribution is 2.17. The predicted octanol–water partition coefficient (Wildman–Crippen LogP) is 1.75. The second-order valence-electron chi connectivity index (χ2n) is 4.01. The van der Waals surface area contributed by atoms with Crippen LogP contribution >= 0.6 is 0 Å². The molecule has 1 heterocycles. The number of nitrogens with two attached hydrogens (primary N) is 1. The fraction of sp³-hybridized carbons (Fsp3) is 0.231. The molecule has 17 heavy (non-hydrogen) atoms. The number of hydrogen-bond donors (Lipinski definition) is 2. The second-order valence-corrected chi connectivity index (χ2v) is 4.01. The molecule has 0 radical (unpaired) electrons. The van der Waals surface area contributed by atoms with Gasteiger partial charge >= 0.3 is 0 Å². The zero-order valence-corrected chi connectivity index (χ0v) is 10.1. The molecule has 2 aromatic rings. The third-order valence-corrected chi connectivity index (χ3v) is 2.43. The Morgan fingerprint density at radius 3 is 2.76 bits per heavy atom. The van der Waals surface area contributed by atoms with Crippen LogP contribution in [0.2, 0.25) is 0 Å². The molecule has 0 saturated heterocycles. The van der Waals surface area contributed by atoms with Crippen molar-refractivity contribution in [2.75, 3.05) is 12.8 Å². The van der Waals surface area contributed by atoms with Gasteiger partial charge in [-0.25, -0.2) is 9.97 Å². The summed E-state index contributed by atoms with van der Waals surface area (Å²) in [6.45, 7) is 2.73. The number of nitrogens with zero attached hydrogens (tertiary/aromatic N) is 2. The topological polar surface area (TPSA) is 63.8 Å². The van der Waals surface area contributed by atoms with Crippen LogP contribution in [0.1, 0.15) is 11.3 Å². The molecular weight excluding hydrogens is 212 g/mol. The van der Waals surface area contributed by atoms with Crippen LogP contribution in [-0.2, 0) is 6.54 Å². The van der Waals surface area contributed by atoms with Crippen LogP contribution in [0.5, 0.6) is 0 Å². The zero-order valence-electron chi connectivity index (χ0n) is 10.1. The van der Waals surface area contributed by atoms with E-state index in [-0.39, 0.29) is 0 Å². The fourth-order valence-corrected chi connectivity index (χ4v) is 1.70. The normalized spacial score (nSPS) is 10.5. The van der Waals surface area contributed by atoms with Crippen molar-refractivity contribution in [3.8, 4) is 11.4 Å². The van der Waals surface area contributed by atoms with Gasteiger partial charge in [-0.2, -0.15) is 0 Å². The smallest absolute Gasteiger partial charge is 0.161 e. The van der Waals surface area contributed by atoms with E-state index in [4.69, 9.17) is 5.73 Å². The van der Waals surface area contributed by atoms with E-state index in [0.717, 1.165) is 11.3 Å². The molecule has 0 fully saturated rings. The van der Waals surface area contributed by atoms with E-state index in [0.29, 0.717) is 18.2 Å². The molecule has 0 saturated carbocycles. The molecule has 0 amide bonds. The molecule has 3 N–H and O–H groups in total. The van der Waals surface area contributed by atoms with Gasteiger partial charge in [-0.15, -0.1) is 0 Å². The molecule has 0 aliphatic heterocycles. The quantitative estimate of drug-likeness (QED) is 0.840. The van der Waals surface area contributed by atoms with E-state index < -0.39 is 0 Å². The Balaban J connectivity index is 2.44. The van der Waals surface area contributed by atoms with Crippen molar-refractivity contribution < 1.29 is 0 Å².